The van der Waals surface area contributed by atoms with Crippen molar-refractivity contribution in [3.63, 3.8) is 0 Å². The highest BCUT2D eigenvalue weighted by Crippen LogP contribution is 2.29. The van der Waals surface area contributed by atoms with Gasteiger partial charge in [-0.25, -0.2) is 4.79 Å². The number of carbonyl (C=O) groups is 1. The second-order valence-corrected chi connectivity index (χ2v) is 6.29. The van der Waals surface area contributed by atoms with E-state index in [1.807, 2.05) is 30.1 Å². The van der Waals surface area contributed by atoms with Gasteiger partial charge in [-0.2, -0.15) is 0 Å². The van der Waals surface area contributed by atoms with Crippen molar-refractivity contribution in [3.8, 4) is 5.75 Å². The molecule has 4 heteroatoms. The monoisotopic (exact) mass is 288 g/mol. The van der Waals surface area contributed by atoms with Crippen molar-refractivity contribution >= 4 is 11.7 Å². The highest BCUT2D eigenvalue weighted by Gasteiger charge is 2.28. The van der Waals surface area contributed by atoms with Gasteiger partial charge in [-0.15, -0.1) is 0 Å². The molecule has 2 amide bonds. The Labute approximate surface area is 126 Å². The molecule has 4 nitrogen and oxygen atoms in total. The Morgan fingerprint density at radius 1 is 1.33 bits per heavy atom. The minimum atomic E-state index is -0.00684. The van der Waals surface area contributed by atoms with Crippen molar-refractivity contribution in [2.45, 2.75) is 45.1 Å². The van der Waals surface area contributed by atoms with Crippen LogP contribution in [0.3, 0.4) is 0 Å². The van der Waals surface area contributed by atoms with Gasteiger partial charge in [0.05, 0.1) is 6.61 Å². The molecule has 21 heavy (non-hydrogen) atoms. The van der Waals surface area contributed by atoms with Gasteiger partial charge >= 0.3 is 6.03 Å². The summed E-state index contributed by atoms with van der Waals surface area (Å²) in [5.41, 5.74) is 2.04. The number of hydrogen-bond acceptors (Lipinski definition) is 2. The Morgan fingerprint density at radius 3 is 2.95 bits per heavy atom. The third kappa shape index (κ3) is 2.99. The molecule has 1 aliphatic heterocycles. The second-order valence-electron chi connectivity index (χ2n) is 6.29. The number of anilines is 1. The van der Waals surface area contributed by atoms with E-state index in [0.29, 0.717) is 12.0 Å². The first-order chi connectivity index (χ1) is 10.1. The van der Waals surface area contributed by atoms with Crippen LogP contribution in [0.2, 0.25) is 0 Å². The standard InChI is InChI=1S/C17H24N2O2/c1-12-5-3-4-6-15(12)19(2)17(20)18-14-7-8-16-13(11-14)9-10-21-16/h7-8,11-12,15H,3-6,9-10H2,1-2H3,(H,18,20)/t12-,15-/m1/s1. The summed E-state index contributed by atoms with van der Waals surface area (Å²) >= 11 is 0. The topological polar surface area (TPSA) is 41.6 Å². The average molecular weight is 288 g/mol. The van der Waals surface area contributed by atoms with Gasteiger partial charge in [0, 0.05) is 25.2 Å². The Hall–Kier alpha value is -1.71. The maximum atomic E-state index is 12.4. The van der Waals surface area contributed by atoms with Crippen LogP contribution < -0.4 is 10.1 Å². The molecule has 3 rings (SSSR count). The maximum Gasteiger partial charge on any atom is 0.321 e. The number of carbonyl (C=O) groups excluding carboxylic acids is 1. The van der Waals surface area contributed by atoms with Gasteiger partial charge in [0.15, 0.2) is 0 Å². The number of rotatable bonds is 2. The first kappa shape index (κ1) is 14.2. The molecule has 2 aliphatic rings. The quantitative estimate of drug-likeness (QED) is 0.902. The van der Waals surface area contributed by atoms with Gasteiger partial charge in [-0.1, -0.05) is 19.8 Å². The van der Waals surface area contributed by atoms with Crippen molar-refractivity contribution in [2.75, 3.05) is 19.0 Å². The summed E-state index contributed by atoms with van der Waals surface area (Å²) in [6.07, 6.45) is 5.77. The van der Waals surface area contributed by atoms with Gasteiger partial charge in [0.1, 0.15) is 5.75 Å². The number of amides is 2. The van der Waals surface area contributed by atoms with Crippen LogP contribution in [-0.4, -0.2) is 30.6 Å². The summed E-state index contributed by atoms with van der Waals surface area (Å²) in [6.45, 7) is 2.99. The molecule has 0 bridgehead atoms. The number of hydrogen-bond donors (Lipinski definition) is 1. The molecule has 0 unspecified atom stereocenters. The predicted molar refractivity (Wildman–Crippen MR) is 83.8 cm³/mol. The van der Waals surface area contributed by atoms with Crippen LogP contribution >= 0.6 is 0 Å². The smallest absolute Gasteiger partial charge is 0.321 e. The lowest BCUT2D eigenvalue weighted by Gasteiger charge is -2.36. The summed E-state index contributed by atoms with van der Waals surface area (Å²) in [4.78, 5) is 14.3. The second kappa shape index (κ2) is 5.96. The lowest BCUT2D eigenvalue weighted by molar-refractivity contribution is 0.155. The highest BCUT2D eigenvalue weighted by atomic mass is 16.5. The summed E-state index contributed by atoms with van der Waals surface area (Å²) in [6, 6.07) is 6.24. The summed E-state index contributed by atoms with van der Waals surface area (Å²) < 4.78 is 5.49. The molecule has 1 fully saturated rings. The number of nitrogens with one attached hydrogen (secondary N) is 1. The van der Waals surface area contributed by atoms with Gasteiger partial charge in [0.25, 0.3) is 0 Å². The first-order valence-corrected chi connectivity index (χ1v) is 7.94. The molecule has 1 saturated carbocycles. The van der Waals surface area contributed by atoms with E-state index in [9.17, 15) is 4.79 Å². The van der Waals surface area contributed by atoms with Crippen molar-refractivity contribution in [3.05, 3.63) is 23.8 Å². The molecule has 0 aromatic heterocycles. The van der Waals surface area contributed by atoms with Crippen LogP contribution in [-0.2, 0) is 6.42 Å². The molecule has 0 saturated heterocycles. The predicted octanol–water partition coefficient (Wildman–Crippen LogP) is 3.66. The lowest BCUT2D eigenvalue weighted by atomic mass is 9.85. The van der Waals surface area contributed by atoms with Crippen LogP contribution in [0.5, 0.6) is 5.75 Å². The van der Waals surface area contributed by atoms with E-state index in [0.717, 1.165) is 30.9 Å². The number of benzene rings is 1. The van der Waals surface area contributed by atoms with Gasteiger partial charge < -0.3 is 15.0 Å². The fraction of sp³-hybridized carbons (Fsp3) is 0.588. The molecule has 0 spiro atoms. The van der Waals surface area contributed by atoms with E-state index >= 15 is 0 Å². The largest absolute Gasteiger partial charge is 0.493 e. The molecule has 1 heterocycles. The highest BCUT2D eigenvalue weighted by molar-refractivity contribution is 5.89. The van der Waals surface area contributed by atoms with E-state index in [1.165, 1.54) is 24.8 Å². The third-order valence-electron chi connectivity index (χ3n) is 4.82. The average Bonchev–Trinajstić information content (AvgIpc) is 2.94. The van der Waals surface area contributed by atoms with Crippen LogP contribution in [0.4, 0.5) is 10.5 Å². The molecule has 1 aromatic rings. The third-order valence-corrected chi connectivity index (χ3v) is 4.82. The molecule has 2 atom stereocenters. The molecule has 114 valence electrons. The Bertz CT molecular complexity index is 530. The first-order valence-electron chi connectivity index (χ1n) is 7.94. The molecule has 1 N–H and O–H groups in total. The Morgan fingerprint density at radius 2 is 2.14 bits per heavy atom. The van der Waals surface area contributed by atoms with Gasteiger partial charge in [0.2, 0.25) is 0 Å². The zero-order chi connectivity index (χ0) is 14.8. The molecular formula is C17H24N2O2. The Balaban J connectivity index is 1.65. The van der Waals surface area contributed by atoms with Crippen molar-refractivity contribution < 1.29 is 9.53 Å². The number of fused-ring (bicyclic) bond motifs is 1. The van der Waals surface area contributed by atoms with E-state index in [1.54, 1.807) is 0 Å². The van der Waals surface area contributed by atoms with Gasteiger partial charge in [-0.05, 0) is 42.5 Å². The summed E-state index contributed by atoms with van der Waals surface area (Å²) in [5.74, 6) is 1.53. The SMILES string of the molecule is C[C@@H]1CCCC[C@H]1N(C)C(=O)Nc1ccc2c(c1)CCO2. The number of nitrogens with zero attached hydrogens (tertiary/aromatic N) is 1. The van der Waals surface area contributed by atoms with Crippen LogP contribution in [0.25, 0.3) is 0 Å². The zero-order valence-electron chi connectivity index (χ0n) is 12.9. The van der Waals surface area contributed by atoms with E-state index in [-0.39, 0.29) is 6.03 Å². The van der Waals surface area contributed by atoms with E-state index in [4.69, 9.17) is 4.74 Å². The number of ether oxygens (including phenoxy) is 1. The summed E-state index contributed by atoms with van der Waals surface area (Å²) in [5, 5.41) is 3.02. The normalized spacial score (nSPS) is 24.1. The fourth-order valence-electron chi connectivity index (χ4n) is 3.50. The van der Waals surface area contributed by atoms with Crippen molar-refractivity contribution in [2.24, 2.45) is 5.92 Å². The molecular weight excluding hydrogens is 264 g/mol. The Kier molecular flexibility index (Phi) is 4.04. The molecule has 0 radical (unpaired) electrons. The van der Waals surface area contributed by atoms with Crippen LogP contribution in [0.1, 0.15) is 38.2 Å². The molecule has 1 aliphatic carbocycles. The van der Waals surface area contributed by atoms with Crippen molar-refractivity contribution in [1.82, 2.24) is 4.90 Å². The maximum absolute atomic E-state index is 12.4. The molecule has 1 aromatic carbocycles. The fourth-order valence-corrected chi connectivity index (χ4v) is 3.50. The summed E-state index contributed by atoms with van der Waals surface area (Å²) in [7, 11) is 1.91. The van der Waals surface area contributed by atoms with Crippen LogP contribution in [0.15, 0.2) is 18.2 Å². The zero-order valence-corrected chi connectivity index (χ0v) is 12.9. The van der Waals surface area contributed by atoms with E-state index < -0.39 is 0 Å². The lowest BCUT2D eigenvalue weighted by Crippen LogP contribution is -2.44. The van der Waals surface area contributed by atoms with E-state index in [2.05, 4.69) is 12.2 Å². The van der Waals surface area contributed by atoms with Crippen LogP contribution in [0, 0.1) is 5.92 Å². The van der Waals surface area contributed by atoms with Crippen molar-refractivity contribution in [1.29, 1.82) is 0 Å². The number of urea groups is 1. The minimum Gasteiger partial charge on any atom is -0.493 e. The van der Waals surface area contributed by atoms with Gasteiger partial charge in [-0.3, -0.25) is 0 Å². The minimum absolute atomic E-state index is 0.00684.